The summed E-state index contributed by atoms with van der Waals surface area (Å²) >= 11 is 1.86. The highest BCUT2D eigenvalue weighted by molar-refractivity contribution is 7.26. The first-order valence-corrected chi connectivity index (χ1v) is 15.3. The van der Waals surface area contributed by atoms with Gasteiger partial charge in [-0.25, -0.2) is 9.97 Å². The number of benzene rings is 7. The number of thiophene rings is 1. The van der Waals surface area contributed by atoms with E-state index in [-0.39, 0.29) is 0 Å². The minimum atomic E-state index is 0.731. The smallest absolute Gasteiger partial charge is 0.160 e. The summed E-state index contributed by atoms with van der Waals surface area (Å²) in [5.74, 6) is 0.731. The SMILES string of the molecule is c1ccc(-c2cccc(-c3cc(-c4ccc5c6ccccc6c6cccc7sc4c5c76)nc(-c4ccccc4)n3)c2)cc1. The van der Waals surface area contributed by atoms with Gasteiger partial charge in [0, 0.05) is 36.9 Å². The molecule has 9 rings (SSSR count). The average Bonchev–Trinajstić information content (AvgIpc) is 3.49. The van der Waals surface area contributed by atoms with Gasteiger partial charge in [-0.3, -0.25) is 0 Å². The molecular formula is C40H24N2S. The number of rotatable bonds is 4. The molecule has 3 heteroatoms. The molecule has 0 spiro atoms. The maximum Gasteiger partial charge on any atom is 0.160 e. The lowest BCUT2D eigenvalue weighted by molar-refractivity contribution is 1.19. The summed E-state index contributed by atoms with van der Waals surface area (Å²) in [5, 5.41) is 7.90. The van der Waals surface area contributed by atoms with E-state index < -0.39 is 0 Å². The van der Waals surface area contributed by atoms with Crippen molar-refractivity contribution in [1.82, 2.24) is 9.97 Å². The molecule has 7 aromatic carbocycles. The van der Waals surface area contributed by atoms with Crippen molar-refractivity contribution in [3.8, 4) is 45.0 Å². The predicted octanol–water partition coefficient (Wildman–Crippen LogP) is 11.3. The minimum absolute atomic E-state index is 0.731. The van der Waals surface area contributed by atoms with E-state index in [2.05, 4.69) is 127 Å². The highest BCUT2D eigenvalue weighted by Gasteiger charge is 2.20. The van der Waals surface area contributed by atoms with Crippen molar-refractivity contribution in [3.63, 3.8) is 0 Å². The van der Waals surface area contributed by atoms with Crippen molar-refractivity contribution in [3.05, 3.63) is 146 Å². The summed E-state index contributed by atoms with van der Waals surface area (Å²) in [7, 11) is 0. The summed E-state index contributed by atoms with van der Waals surface area (Å²) in [4.78, 5) is 10.3. The number of aromatic nitrogens is 2. The molecule has 0 saturated carbocycles. The van der Waals surface area contributed by atoms with Crippen LogP contribution in [0.2, 0.25) is 0 Å². The fourth-order valence-electron chi connectivity index (χ4n) is 6.46. The fraction of sp³-hybridized carbons (Fsp3) is 0. The minimum Gasteiger partial charge on any atom is -0.228 e. The molecule has 0 amide bonds. The second-order valence-electron chi connectivity index (χ2n) is 11.0. The molecule has 2 nitrogen and oxygen atoms in total. The van der Waals surface area contributed by atoms with Crippen LogP contribution >= 0.6 is 11.3 Å². The van der Waals surface area contributed by atoms with E-state index >= 15 is 0 Å². The lowest BCUT2D eigenvalue weighted by Crippen LogP contribution is -1.96. The zero-order chi connectivity index (χ0) is 28.3. The summed E-state index contributed by atoms with van der Waals surface area (Å²) in [5.41, 5.74) is 7.44. The Morgan fingerprint density at radius 1 is 0.395 bits per heavy atom. The molecule has 2 aromatic heterocycles. The van der Waals surface area contributed by atoms with Gasteiger partial charge in [0.25, 0.3) is 0 Å². The summed E-state index contributed by atoms with van der Waals surface area (Å²) in [6.45, 7) is 0. The standard InChI is InChI=1S/C40H24N2S/c1-3-11-25(12-4-1)27-15-9-16-28(23-27)34-24-35(42-40(41-34)26-13-5-2-6-14-26)33-22-21-32-30-18-8-7-17-29(30)31-19-10-20-36-37(31)38(32)39(33)43-36/h1-24H. The Kier molecular flexibility index (Phi) is 5.40. The van der Waals surface area contributed by atoms with Crippen molar-refractivity contribution >= 4 is 53.1 Å². The van der Waals surface area contributed by atoms with Crippen LogP contribution in [0.4, 0.5) is 0 Å². The largest absolute Gasteiger partial charge is 0.228 e. The predicted molar refractivity (Wildman–Crippen MR) is 183 cm³/mol. The van der Waals surface area contributed by atoms with Gasteiger partial charge in [-0.2, -0.15) is 0 Å². The first-order chi connectivity index (χ1) is 21.3. The van der Waals surface area contributed by atoms with Crippen molar-refractivity contribution in [1.29, 1.82) is 0 Å². The Bertz CT molecular complexity index is 2440. The van der Waals surface area contributed by atoms with Crippen LogP contribution in [0.5, 0.6) is 0 Å². The molecular weight excluding hydrogens is 541 g/mol. The van der Waals surface area contributed by atoms with Gasteiger partial charge >= 0.3 is 0 Å². The molecule has 200 valence electrons. The van der Waals surface area contributed by atoms with E-state index in [1.807, 2.05) is 29.5 Å². The van der Waals surface area contributed by atoms with Crippen molar-refractivity contribution < 1.29 is 0 Å². The third kappa shape index (κ3) is 3.86. The number of hydrogen-bond acceptors (Lipinski definition) is 3. The van der Waals surface area contributed by atoms with Crippen molar-refractivity contribution in [2.24, 2.45) is 0 Å². The molecule has 0 unspecified atom stereocenters. The lowest BCUT2D eigenvalue weighted by Gasteiger charge is -2.13. The van der Waals surface area contributed by atoms with E-state index in [4.69, 9.17) is 9.97 Å². The highest BCUT2D eigenvalue weighted by atomic mass is 32.1. The fourth-order valence-corrected chi connectivity index (χ4v) is 7.74. The van der Waals surface area contributed by atoms with E-state index in [0.29, 0.717) is 0 Å². The molecule has 0 aliphatic carbocycles. The van der Waals surface area contributed by atoms with Gasteiger partial charge in [0.05, 0.1) is 11.4 Å². The average molecular weight is 565 g/mol. The quantitative estimate of drug-likeness (QED) is 0.199. The molecule has 2 heterocycles. The zero-order valence-electron chi connectivity index (χ0n) is 23.2. The van der Waals surface area contributed by atoms with Gasteiger partial charge in [0.1, 0.15) is 0 Å². The second-order valence-corrected chi connectivity index (χ2v) is 12.0. The van der Waals surface area contributed by atoms with Crippen LogP contribution in [0.25, 0.3) is 86.7 Å². The van der Waals surface area contributed by atoms with Gasteiger partial charge < -0.3 is 0 Å². The Balaban J connectivity index is 1.32. The topological polar surface area (TPSA) is 25.8 Å². The van der Waals surface area contributed by atoms with E-state index in [1.165, 1.54) is 52.8 Å². The third-order valence-corrected chi connectivity index (χ3v) is 9.64. The zero-order valence-corrected chi connectivity index (χ0v) is 24.0. The van der Waals surface area contributed by atoms with Crippen LogP contribution in [0, 0.1) is 0 Å². The molecule has 0 fully saturated rings. The first kappa shape index (κ1) is 24.2. The summed E-state index contributed by atoms with van der Waals surface area (Å²) < 4.78 is 2.58. The van der Waals surface area contributed by atoms with Crippen LogP contribution in [-0.2, 0) is 0 Å². The molecule has 0 bridgehead atoms. The monoisotopic (exact) mass is 564 g/mol. The molecule has 0 N–H and O–H groups in total. The van der Waals surface area contributed by atoms with E-state index in [0.717, 1.165) is 33.9 Å². The van der Waals surface area contributed by atoms with Gasteiger partial charge in [-0.15, -0.1) is 11.3 Å². The molecule has 9 aromatic rings. The number of nitrogens with zero attached hydrogens (tertiary/aromatic N) is 2. The van der Waals surface area contributed by atoms with E-state index in [1.54, 1.807) is 0 Å². The maximum absolute atomic E-state index is 5.21. The Labute approximate surface area is 252 Å². The Hall–Kier alpha value is -5.38. The number of hydrogen-bond donors (Lipinski definition) is 0. The van der Waals surface area contributed by atoms with E-state index in [9.17, 15) is 0 Å². The van der Waals surface area contributed by atoms with Crippen molar-refractivity contribution in [2.45, 2.75) is 0 Å². The summed E-state index contributed by atoms with van der Waals surface area (Å²) in [6, 6.07) is 51.7. The van der Waals surface area contributed by atoms with Gasteiger partial charge in [0.2, 0.25) is 0 Å². The summed E-state index contributed by atoms with van der Waals surface area (Å²) in [6.07, 6.45) is 0. The third-order valence-electron chi connectivity index (χ3n) is 8.45. The molecule has 0 saturated heterocycles. The van der Waals surface area contributed by atoms with Crippen LogP contribution in [0.1, 0.15) is 0 Å². The van der Waals surface area contributed by atoms with Crippen LogP contribution in [-0.4, -0.2) is 9.97 Å². The highest BCUT2D eigenvalue weighted by Crippen LogP contribution is 2.48. The molecule has 0 aliphatic rings. The lowest BCUT2D eigenvalue weighted by atomic mass is 9.92. The van der Waals surface area contributed by atoms with Gasteiger partial charge in [-0.05, 0) is 50.9 Å². The normalized spacial score (nSPS) is 11.7. The number of fused-ring (bicyclic) bond motifs is 3. The van der Waals surface area contributed by atoms with Crippen molar-refractivity contribution in [2.75, 3.05) is 0 Å². The molecule has 0 radical (unpaired) electrons. The molecule has 43 heavy (non-hydrogen) atoms. The Morgan fingerprint density at radius 3 is 1.79 bits per heavy atom. The first-order valence-electron chi connectivity index (χ1n) is 14.5. The molecule has 0 atom stereocenters. The van der Waals surface area contributed by atoms with Crippen LogP contribution < -0.4 is 0 Å². The van der Waals surface area contributed by atoms with Crippen LogP contribution in [0.15, 0.2) is 146 Å². The Morgan fingerprint density at radius 2 is 1.00 bits per heavy atom. The van der Waals surface area contributed by atoms with Gasteiger partial charge in [0.15, 0.2) is 5.82 Å². The maximum atomic E-state index is 5.21. The second kappa shape index (κ2) is 9.59. The van der Waals surface area contributed by atoms with Crippen LogP contribution in [0.3, 0.4) is 0 Å². The molecule has 0 aliphatic heterocycles. The van der Waals surface area contributed by atoms with Gasteiger partial charge in [-0.1, -0.05) is 127 Å².